The number of nitrogens with one attached hydrogen (secondary N) is 2. The van der Waals surface area contributed by atoms with Crippen molar-refractivity contribution < 1.29 is 27.8 Å². The molecule has 0 spiro atoms. The molecule has 2 amide bonds. The zero-order valence-corrected chi connectivity index (χ0v) is 13.3. The molecular weight excluding hydrogens is 325 g/mol. The molecule has 1 aromatic carbocycles. The summed E-state index contributed by atoms with van der Waals surface area (Å²) in [5, 5.41) is 14.7. The first-order valence-corrected chi connectivity index (χ1v) is 7.71. The maximum atomic E-state index is 12.4. The molecule has 1 aliphatic carbocycles. The lowest BCUT2D eigenvalue weighted by molar-refractivity contribution is -0.137. The van der Waals surface area contributed by atoms with Gasteiger partial charge in [-0.15, -0.1) is 0 Å². The number of carbonyl (C=O) groups is 1. The fourth-order valence-electron chi connectivity index (χ4n) is 2.37. The van der Waals surface area contributed by atoms with E-state index in [9.17, 15) is 23.1 Å². The molecular formula is C16H21F3N2O3. The summed E-state index contributed by atoms with van der Waals surface area (Å²) in [6.45, 7) is 1.98. The third-order valence-corrected chi connectivity index (χ3v) is 4.04. The highest BCUT2D eigenvalue weighted by Gasteiger charge is 2.42. The number of urea groups is 1. The molecule has 0 saturated heterocycles. The van der Waals surface area contributed by atoms with Crippen LogP contribution in [0.3, 0.4) is 0 Å². The monoisotopic (exact) mass is 346 g/mol. The van der Waals surface area contributed by atoms with E-state index in [1.807, 2.05) is 0 Å². The minimum Gasteiger partial charge on any atom is -0.492 e. The third kappa shape index (κ3) is 5.02. The van der Waals surface area contributed by atoms with Crippen molar-refractivity contribution in [2.24, 2.45) is 5.92 Å². The summed E-state index contributed by atoms with van der Waals surface area (Å²) in [7, 11) is 0. The van der Waals surface area contributed by atoms with E-state index in [1.54, 1.807) is 6.92 Å². The van der Waals surface area contributed by atoms with Gasteiger partial charge >= 0.3 is 12.2 Å². The molecule has 2 rings (SSSR count). The van der Waals surface area contributed by atoms with Crippen molar-refractivity contribution in [2.75, 3.05) is 19.8 Å². The SMILES string of the molecule is CC(CO)(NC(=O)NCCOc1ccc(C(F)(F)F)cc1)C1CC1. The van der Waals surface area contributed by atoms with Gasteiger partial charge in [-0.05, 0) is 49.9 Å². The van der Waals surface area contributed by atoms with Crippen LogP contribution in [-0.4, -0.2) is 36.4 Å². The number of carbonyl (C=O) groups excluding carboxylic acids is 1. The molecule has 0 bridgehead atoms. The van der Waals surface area contributed by atoms with E-state index in [0.29, 0.717) is 5.75 Å². The van der Waals surface area contributed by atoms with Crippen molar-refractivity contribution in [3.8, 4) is 5.75 Å². The Morgan fingerprint density at radius 1 is 1.29 bits per heavy atom. The molecule has 1 unspecified atom stereocenters. The first-order chi connectivity index (χ1) is 11.2. The van der Waals surface area contributed by atoms with Gasteiger partial charge in [-0.25, -0.2) is 4.79 Å². The highest BCUT2D eigenvalue weighted by molar-refractivity contribution is 5.74. The lowest BCUT2D eigenvalue weighted by atomic mass is 9.97. The second kappa shape index (κ2) is 7.29. The summed E-state index contributed by atoms with van der Waals surface area (Å²) < 4.78 is 42.6. The van der Waals surface area contributed by atoms with Crippen molar-refractivity contribution in [1.29, 1.82) is 0 Å². The van der Waals surface area contributed by atoms with Crippen molar-refractivity contribution in [3.63, 3.8) is 0 Å². The predicted molar refractivity (Wildman–Crippen MR) is 81.7 cm³/mol. The van der Waals surface area contributed by atoms with Gasteiger partial charge in [-0.1, -0.05) is 0 Å². The first-order valence-electron chi connectivity index (χ1n) is 7.71. The highest BCUT2D eigenvalue weighted by Crippen LogP contribution is 2.39. The van der Waals surface area contributed by atoms with Crippen LogP contribution in [0.5, 0.6) is 5.75 Å². The van der Waals surface area contributed by atoms with E-state index < -0.39 is 23.3 Å². The predicted octanol–water partition coefficient (Wildman–Crippen LogP) is 2.54. The average molecular weight is 346 g/mol. The zero-order valence-electron chi connectivity index (χ0n) is 13.3. The number of amides is 2. The molecule has 3 N–H and O–H groups in total. The quantitative estimate of drug-likeness (QED) is 0.665. The Bertz CT molecular complexity index is 559. The first kappa shape index (κ1) is 18.4. The number of ether oxygens (including phenoxy) is 1. The van der Waals surface area contributed by atoms with Crippen molar-refractivity contribution in [1.82, 2.24) is 10.6 Å². The van der Waals surface area contributed by atoms with Crippen molar-refractivity contribution >= 4 is 6.03 Å². The summed E-state index contributed by atoms with van der Waals surface area (Å²) in [4.78, 5) is 11.8. The number of alkyl halides is 3. The molecule has 1 saturated carbocycles. The summed E-state index contributed by atoms with van der Waals surface area (Å²) in [6, 6.07) is 3.95. The van der Waals surface area contributed by atoms with Crippen LogP contribution in [0.25, 0.3) is 0 Å². The summed E-state index contributed by atoms with van der Waals surface area (Å²) >= 11 is 0. The van der Waals surface area contributed by atoms with Gasteiger partial charge in [0.25, 0.3) is 0 Å². The molecule has 0 heterocycles. The van der Waals surface area contributed by atoms with Gasteiger partial charge in [-0.2, -0.15) is 13.2 Å². The Morgan fingerprint density at radius 2 is 1.92 bits per heavy atom. The Kier molecular flexibility index (Phi) is 5.58. The summed E-state index contributed by atoms with van der Waals surface area (Å²) in [5.41, 5.74) is -1.37. The van der Waals surface area contributed by atoms with Gasteiger partial charge < -0.3 is 20.5 Å². The van der Waals surface area contributed by atoms with E-state index in [2.05, 4.69) is 10.6 Å². The number of halogens is 3. The largest absolute Gasteiger partial charge is 0.492 e. The number of benzene rings is 1. The highest BCUT2D eigenvalue weighted by atomic mass is 19.4. The van der Waals surface area contributed by atoms with Crippen LogP contribution >= 0.6 is 0 Å². The van der Waals surface area contributed by atoms with E-state index in [4.69, 9.17) is 4.74 Å². The maximum Gasteiger partial charge on any atom is 0.416 e. The topological polar surface area (TPSA) is 70.6 Å². The fraction of sp³-hybridized carbons (Fsp3) is 0.562. The van der Waals surface area contributed by atoms with Gasteiger partial charge in [-0.3, -0.25) is 0 Å². The average Bonchev–Trinajstić information content (AvgIpc) is 3.36. The van der Waals surface area contributed by atoms with E-state index in [0.717, 1.165) is 25.0 Å². The standard InChI is InChI=1S/C16H21F3N2O3/c1-15(10-22,11-2-3-11)21-14(23)20-8-9-24-13-6-4-12(5-7-13)16(17,18)19/h4-7,11,22H,2-3,8-10H2,1H3,(H2,20,21,23). The maximum absolute atomic E-state index is 12.4. The Balaban J connectivity index is 1.70. The van der Waals surface area contributed by atoms with E-state index in [1.165, 1.54) is 12.1 Å². The Hall–Kier alpha value is -1.96. The normalized spacial score (nSPS) is 17.0. The van der Waals surface area contributed by atoms with Gasteiger partial charge in [0.2, 0.25) is 0 Å². The summed E-state index contributed by atoms with van der Waals surface area (Å²) in [5.74, 6) is 0.583. The van der Waals surface area contributed by atoms with Crippen LogP contribution < -0.4 is 15.4 Å². The van der Waals surface area contributed by atoms with Crippen LogP contribution in [0, 0.1) is 5.92 Å². The number of rotatable bonds is 7. The fourth-order valence-corrected chi connectivity index (χ4v) is 2.37. The smallest absolute Gasteiger partial charge is 0.416 e. The van der Waals surface area contributed by atoms with Crippen molar-refractivity contribution in [3.05, 3.63) is 29.8 Å². The second-order valence-electron chi connectivity index (χ2n) is 6.10. The molecule has 1 aromatic rings. The molecule has 1 atom stereocenters. The minimum absolute atomic E-state index is 0.123. The molecule has 5 nitrogen and oxygen atoms in total. The van der Waals surface area contributed by atoms with E-state index in [-0.39, 0.29) is 25.7 Å². The van der Waals surface area contributed by atoms with Crippen LogP contribution in [0.4, 0.5) is 18.0 Å². The Labute approximate surface area is 138 Å². The minimum atomic E-state index is -4.38. The molecule has 1 fully saturated rings. The molecule has 1 aliphatic rings. The summed E-state index contributed by atoms with van der Waals surface area (Å²) in [6.07, 6.45) is -2.41. The van der Waals surface area contributed by atoms with Crippen LogP contribution in [0.2, 0.25) is 0 Å². The zero-order chi connectivity index (χ0) is 17.8. The Morgan fingerprint density at radius 3 is 2.42 bits per heavy atom. The number of hydrogen-bond donors (Lipinski definition) is 3. The molecule has 0 radical (unpaired) electrons. The molecule has 0 aromatic heterocycles. The van der Waals surface area contributed by atoms with Crippen molar-refractivity contribution in [2.45, 2.75) is 31.5 Å². The number of hydrogen-bond acceptors (Lipinski definition) is 3. The third-order valence-electron chi connectivity index (χ3n) is 4.04. The van der Waals surface area contributed by atoms with Gasteiger partial charge in [0.1, 0.15) is 12.4 Å². The lowest BCUT2D eigenvalue weighted by Gasteiger charge is -2.28. The number of aliphatic hydroxyl groups is 1. The van der Waals surface area contributed by atoms with Gasteiger partial charge in [0.15, 0.2) is 0 Å². The van der Waals surface area contributed by atoms with Gasteiger partial charge in [0, 0.05) is 0 Å². The van der Waals surface area contributed by atoms with Crippen LogP contribution in [-0.2, 0) is 6.18 Å². The number of aliphatic hydroxyl groups excluding tert-OH is 1. The lowest BCUT2D eigenvalue weighted by Crippen LogP contribution is -2.54. The van der Waals surface area contributed by atoms with Gasteiger partial charge in [0.05, 0.1) is 24.3 Å². The van der Waals surface area contributed by atoms with E-state index >= 15 is 0 Å². The van der Waals surface area contributed by atoms with Crippen LogP contribution in [0.1, 0.15) is 25.3 Å². The molecule has 24 heavy (non-hydrogen) atoms. The van der Waals surface area contributed by atoms with Crippen LogP contribution in [0.15, 0.2) is 24.3 Å². The molecule has 8 heteroatoms. The second-order valence-corrected chi connectivity index (χ2v) is 6.10. The molecule has 0 aliphatic heterocycles. The molecule has 134 valence electrons.